The van der Waals surface area contributed by atoms with Crippen LogP contribution in [-0.2, 0) is 10.3 Å². The van der Waals surface area contributed by atoms with E-state index in [-0.39, 0.29) is 12.2 Å². The third-order valence-electron chi connectivity index (χ3n) is 7.75. The minimum atomic E-state index is -0.526. The average molecular weight is 465 g/mol. The van der Waals surface area contributed by atoms with Crippen LogP contribution in [0, 0.1) is 19.8 Å². The molecule has 1 unspecified atom stereocenters. The second-order valence-electron chi connectivity index (χ2n) is 10.2. The summed E-state index contributed by atoms with van der Waals surface area (Å²) in [6, 6.07) is 10.6. The zero-order chi connectivity index (χ0) is 23.9. The second-order valence-corrected chi connectivity index (χ2v) is 10.2. The molecule has 4 aliphatic rings. The summed E-state index contributed by atoms with van der Waals surface area (Å²) >= 11 is 0. The number of carbonyl (C=O) groups excluding carboxylic acids is 1. The van der Waals surface area contributed by atoms with Crippen LogP contribution in [0.15, 0.2) is 30.3 Å². The summed E-state index contributed by atoms with van der Waals surface area (Å²) < 4.78 is 17.8. The van der Waals surface area contributed by atoms with Crippen molar-refractivity contribution in [2.75, 3.05) is 32.8 Å². The number of rotatable bonds is 5. The molecule has 6 nitrogen and oxygen atoms in total. The van der Waals surface area contributed by atoms with Gasteiger partial charge in [-0.05, 0) is 100.0 Å². The van der Waals surface area contributed by atoms with Gasteiger partial charge in [0.15, 0.2) is 0 Å². The Morgan fingerprint density at radius 3 is 2.53 bits per heavy atom. The van der Waals surface area contributed by atoms with Gasteiger partial charge >= 0.3 is 6.09 Å². The van der Waals surface area contributed by atoms with E-state index in [1.807, 2.05) is 6.92 Å². The molecule has 0 saturated carbocycles. The van der Waals surface area contributed by atoms with Gasteiger partial charge in [0.05, 0.1) is 18.8 Å². The van der Waals surface area contributed by atoms with E-state index in [1.165, 1.54) is 0 Å². The highest BCUT2D eigenvalue weighted by atomic mass is 16.6. The maximum atomic E-state index is 12.9. The van der Waals surface area contributed by atoms with Crippen molar-refractivity contribution >= 4 is 6.09 Å². The Bertz CT molecular complexity index is 1050. The molecule has 4 heterocycles. The molecule has 0 spiro atoms. The fourth-order valence-electron chi connectivity index (χ4n) is 5.83. The summed E-state index contributed by atoms with van der Waals surface area (Å²) in [4.78, 5) is 15.3. The molecule has 1 N–H and O–H groups in total. The summed E-state index contributed by atoms with van der Waals surface area (Å²) in [5.41, 5.74) is 4.93. The summed E-state index contributed by atoms with van der Waals surface area (Å²) in [6.45, 7) is 12.6. The first-order valence-electron chi connectivity index (χ1n) is 12.6. The van der Waals surface area contributed by atoms with Crippen molar-refractivity contribution in [1.82, 2.24) is 10.2 Å². The lowest BCUT2D eigenvalue weighted by Crippen LogP contribution is -2.54. The van der Waals surface area contributed by atoms with E-state index in [0.29, 0.717) is 25.6 Å². The largest absolute Gasteiger partial charge is 0.493 e. The smallest absolute Gasteiger partial charge is 0.408 e. The predicted molar refractivity (Wildman–Crippen MR) is 133 cm³/mol. The third kappa shape index (κ3) is 4.36. The summed E-state index contributed by atoms with van der Waals surface area (Å²) in [6.07, 6.45) is 2.63. The number of aryl methyl sites for hydroxylation is 2. The fourth-order valence-corrected chi connectivity index (χ4v) is 5.83. The number of amides is 1. The fraction of sp³-hybridized carbons (Fsp3) is 0.536. The zero-order valence-electron chi connectivity index (χ0n) is 20.8. The van der Waals surface area contributed by atoms with E-state index in [1.54, 1.807) is 0 Å². The van der Waals surface area contributed by atoms with Gasteiger partial charge in [-0.15, -0.1) is 0 Å². The Balaban J connectivity index is 1.34. The van der Waals surface area contributed by atoms with Gasteiger partial charge in [-0.3, -0.25) is 4.90 Å². The molecule has 3 fully saturated rings. The van der Waals surface area contributed by atoms with Crippen molar-refractivity contribution in [1.29, 1.82) is 0 Å². The van der Waals surface area contributed by atoms with E-state index >= 15 is 0 Å². The maximum Gasteiger partial charge on any atom is 0.408 e. The standard InChI is InChI=1S/C28H36N2O4/c1-5-32-26-18(2)14-22(15-19(26)3)21-6-7-23-24(16-21)33-13-10-28(23,4)29-27(31)34-25-17-30-11-8-20(25)9-12-30/h6-7,14-16,20,25H,5,8-13,17H2,1-4H3,(H,29,31)/t25-,28?/m1/s1. The number of carbonyl (C=O) groups is 1. The molecule has 0 aromatic heterocycles. The van der Waals surface area contributed by atoms with E-state index in [4.69, 9.17) is 14.2 Å². The second kappa shape index (κ2) is 9.14. The molecule has 6 rings (SSSR count). The molecule has 34 heavy (non-hydrogen) atoms. The van der Waals surface area contributed by atoms with Crippen LogP contribution in [0.2, 0.25) is 0 Å². The minimum absolute atomic E-state index is 0.000995. The van der Waals surface area contributed by atoms with Crippen molar-refractivity contribution in [3.8, 4) is 22.6 Å². The van der Waals surface area contributed by atoms with Crippen molar-refractivity contribution in [2.45, 2.75) is 58.6 Å². The van der Waals surface area contributed by atoms with Crippen LogP contribution in [0.4, 0.5) is 4.79 Å². The van der Waals surface area contributed by atoms with Crippen LogP contribution < -0.4 is 14.8 Å². The molecule has 1 amide bonds. The van der Waals surface area contributed by atoms with Gasteiger partial charge in [0.2, 0.25) is 0 Å². The van der Waals surface area contributed by atoms with E-state index in [2.05, 4.69) is 61.3 Å². The molecule has 4 aliphatic heterocycles. The molecule has 3 saturated heterocycles. The molecule has 0 radical (unpaired) electrons. The minimum Gasteiger partial charge on any atom is -0.493 e. The number of hydrogen-bond acceptors (Lipinski definition) is 5. The van der Waals surface area contributed by atoms with Gasteiger partial charge in [-0.2, -0.15) is 0 Å². The van der Waals surface area contributed by atoms with Crippen molar-refractivity contribution in [2.24, 2.45) is 5.92 Å². The molecule has 2 atom stereocenters. The predicted octanol–water partition coefficient (Wildman–Crippen LogP) is 5.19. The van der Waals surface area contributed by atoms with Crippen LogP contribution in [0.25, 0.3) is 11.1 Å². The quantitative estimate of drug-likeness (QED) is 0.660. The Hall–Kier alpha value is -2.73. The number of benzene rings is 2. The van der Waals surface area contributed by atoms with Crippen LogP contribution in [0.3, 0.4) is 0 Å². The van der Waals surface area contributed by atoms with Gasteiger partial charge in [0.1, 0.15) is 17.6 Å². The van der Waals surface area contributed by atoms with E-state index in [9.17, 15) is 4.79 Å². The van der Waals surface area contributed by atoms with Gasteiger partial charge in [0, 0.05) is 18.5 Å². The lowest BCUT2D eigenvalue weighted by Gasteiger charge is -2.44. The number of nitrogens with one attached hydrogen (secondary N) is 1. The highest BCUT2D eigenvalue weighted by Crippen LogP contribution is 2.40. The van der Waals surface area contributed by atoms with Crippen molar-refractivity contribution in [3.63, 3.8) is 0 Å². The highest BCUT2D eigenvalue weighted by Gasteiger charge is 2.39. The Morgan fingerprint density at radius 1 is 1.15 bits per heavy atom. The molecule has 182 valence electrons. The monoisotopic (exact) mass is 464 g/mol. The van der Waals surface area contributed by atoms with Gasteiger partial charge in [-0.1, -0.05) is 12.1 Å². The topological polar surface area (TPSA) is 60.0 Å². The Morgan fingerprint density at radius 2 is 1.88 bits per heavy atom. The number of alkyl carbamates (subject to hydrolysis) is 1. The molecular weight excluding hydrogens is 428 g/mol. The molecular formula is C28H36N2O4. The van der Waals surface area contributed by atoms with Crippen LogP contribution in [0.1, 0.15) is 49.8 Å². The number of piperidine rings is 3. The zero-order valence-corrected chi connectivity index (χ0v) is 20.8. The molecule has 6 heteroatoms. The maximum absolute atomic E-state index is 12.9. The van der Waals surface area contributed by atoms with E-state index < -0.39 is 5.54 Å². The lowest BCUT2D eigenvalue weighted by atomic mass is 9.85. The molecule has 2 aromatic carbocycles. The summed E-state index contributed by atoms with van der Waals surface area (Å²) in [5, 5.41) is 3.18. The summed E-state index contributed by atoms with van der Waals surface area (Å²) in [5.74, 6) is 2.27. The first-order valence-corrected chi connectivity index (χ1v) is 12.6. The van der Waals surface area contributed by atoms with Gasteiger partial charge in [0.25, 0.3) is 0 Å². The third-order valence-corrected chi connectivity index (χ3v) is 7.75. The Labute approximate surface area is 202 Å². The van der Waals surface area contributed by atoms with E-state index in [0.717, 1.165) is 71.8 Å². The SMILES string of the molecule is CCOc1c(C)cc(-c2ccc3c(c2)OCCC3(C)NC(=O)O[C@@H]2CN3CCC2CC3)cc1C. The first-order chi connectivity index (χ1) is 16.4. The highest BCUT2D eigenvalue weighted by molar-refractivity contribution is 5.72. The first kappa shape index (κ1) is 23.0. The molecule has 0 aliphatic carbocycles. The van der Waals surface area contributed by atoms with Gasteiger partial charge < -0.3 is 19.5 Å². The Kier molecular flexibility index (Phi) is 6.19. The lowest BCUT2D eigenvalue weighted by molar-refractivity contribution is -0.0358. The average Bonchev–Trinajstić information content (AvgIpc) is 2.82. The number of fused-ring (bicyclic) bond motifs is 4. The van der Waals surface area contributed by atoms with Crippen molar-refractivity contribution in [3.05, 3.63) is 47.0 Å². The van der Waals surface area contributed by atoms with Crippen LogP contribution in [0.5, 0.6) is 11.5 Å². The van der Waals surface area contributed by atoms with Crippen molar-refractivity contribution < 1.29 is 19.0 Å². The number of nitrogens with zero attached hydrogens (tertiary/aromatic N) is 1. The molecule has 2 bridgehead atoms. The number of ether oxygens (including phenoxy) is 3. The normalized spacial score (nSPS) is 27.5. The van der Waals surface area contributed by atoms with Gasteiger partial charge in [-0.25, -0.2) is 4.79 Å². The molecule has 2 aromatic rings. The number of hydrogen-bond donors (Lipinski definition) is 1. The summed E-state index contributed by atoms with van der Waals surface area (Å²) in [7, 11) is 0. The van der Waals surface area contributed by atoms with Crippen LogP contribution in [-0.4, -0.2) is 49.9 Å². The van der Waals surface area contributed by atoms with Crippen LogP contribution >= 0.6 is 0 Å².